The second-order valence-corrected chi connectivity index (χ2v) is 9.27. The lowest BCUT2D eigenvalue weighted by atomic mass is 9.99. The van der Waals surface area contributed by atoms with Crippen LogP contribution < -0.4 is 4.74 Å². The van der Waals surface area contributed by atoms with Gasteiger partial charge in [-0.15, -0.1) is 0 Å². The van der Waals surface area contributed by atoms with Crippen LogP contribution in [0.4, 0.5) is 0 Å². The van der Waals surface area contributed by atoms with Gasteiger partial charge in [-0.05, 0) is 66.6 Å². The van der Waals surface area contributed by atoms with Crippen LogP contribution in [-0.4, -0.2) is 21.6 Å². The van der Waals surface area contributed by atoms with Crippen molar-refractivity contribution in [3.8, 4) is 5.75 Å². The molecule has 0 amide bonds. The third-order valence-electron chi connectivity index (χ3n) is 6.09. The zero-order valence-electron chi connectivity index (χ0n) is 20.2. The van der Waals surface area contributed by atoms with Gasteiger partial charge in [-0.2, -0.15) is 0 Å². The molecule has 0 fully saturated rings. The number of benzene rings is 3. The minimum absolute atomic E-state index is 0.0560. The molecule has 1 unspecified atom stereocenters. The van der Waals surface area contributed by atoms with Crippen molar-refractivity contribution in [3.63, 3.8) is 0 Å². The SMILES string of the molecule is CC(C)CC(Oc1ccc(C(=O)n2cc(CCCC(=O)O)c3ccccc32)cc1)c1ccccc1. The predicted molar refractivity (Wildman–Crippen MR) is 138 cm³/mol. The summed E-state index contributed by atoms with van der Waals surface area (Å²) in [4.78, 5) is 24.3. The number of hydrogen-bond acceptors (Lipinski definition) is 3. The summed E-state index contributed by atoms with van der Waals surface area (Å²) in [6, 6.07) is 25.2. The van der Waals surface area contributed by atoms with E-state index in [1.807, 2.05) is 60.8 Å². The highest BCUT2D eigenvalue weighted by molar-refractivity contribution is 6.03. The van der Waals surface area contributed by atoms with E-state index in [9.17, 15) is 9.59 Å². The van der Waals surface area contributed by atoms with Crippen molar-refractivity contribution in [2.24, 2.45) is 5.92 Å². The van der Waals surface area contributed by atoms with Crippen LogP contribution in [0.15, 0.2) is 85.1 Å². The molecule has 0 spiro atoms. The van der Waals surface area contributed by atoms with Gasteiger partial charge in [0.25, 0.3) is 5.91 Å². The molecule has 35 heavy (non-hydrogen) atoms. The van der Waals surface area contributed by atoms with E-state index < -0.39 is 5.97 Å². The second kappa shape index (κ2) is 11.0. The Balaban J connectivity index is 1.54. The molecule has 0 aliphatic carbocycles. The third-order valence-corrected chi connectivity index (χ3v) is 6.09. The van der Waals surface area contributed by atoms with Crippen LogP contribution in [0.1, 0.15) is 60.7 Å². The molecule has 0 bridgehead atoms. The normalized spacial score (nSPS) is 12.1. The molecular weight excluding hydrogens is 438 g/mol. The average molecular weight is 470 g/mol. The molecule has 1 atom stereocenters. The summed E-state index contributed by atoms with van der Waals surface area (Å²) in [7, 11) is 0. The van der Waals surface area contributed by atoms with Gasteiger partial charge in [-0.1, -0.05) is 62.4 Å². The van der Waals surface area contributed by atoms with Gasteiger partial charge < -0.3 is 9.84 Å². The number of rotatable bonds is 10. The van der Waals surface area contributed by atoms with Crippen LogP contribution >= 0.6 is 0 Å². The number of aliphatic carboxylic acids is 1. The van der Waals surface area contributed by atoms with Crippen LogP contribution in [0.5, 0.6) is 5.75 Å². The highest BCUT2D eigenvalue weighted by Crippen LogP contribution is 2.29. The first kappa shape index (κ1) is 24.3. The minimum atomic E-state index is -0.810. The third kappa shape index (κ3) is 5.99. The molecule has 1 N–H and O–H groups in total. The quantitative estimate of drug-likeness (QED) is 0.274. The van der Waals surface area contributed by atoms with Gasteiger partial charge >= 0.3 is 5.97 Å². The Morgan fingerprint density at radius 3 is 2.29 bits per heavy atom. The summed E-state index contributed by atoms with van der Waals surface area (Å²) in [5, 5.41) is 9.94. The van der Waals surface area contributed by atoms with Crippen LogP contribution in [-0.2, 0) is 11.2 Å². The van der Waals surface area contributed by atoms with Crippen LogP contribution in [0.2, 0.25) is 0 Å². The molecule has 0 aliphatic rings. The van der Waals surface area contributed by atoms with Crippen LogP contribution in [0.3, 0.4) is 0 Å². The number of carboxylic acid groups (broad SMARTS) is 1. The summed E-state index contributed by atoms with van der Waals surface area (Å²) >= 11 is 0. The fourth-order valence-electron chi connectivity index (χ4n) is 4.37. The van der Waals surface area contributed by atoms with Gasteiger partial charge in [0, 0.05) is 23.6 Å². The molecule has 0 saturated carbocycles. The largest absolute Gasteiger partial charge is 0.486 e. The molecule has 1 aromatic heterocycles. The predicted octanol–water partition coefficient (Wildman–Crippen LogP) is 6.90. The number of carbonyl (C=O) groups excluding carboxylic acids is 1. The highest BCUT2D eigenvalue weighted by Gasteiger charge is 2.18. The molecule has 5 nitrogen and oxygen atoms in total. The van der Waals surface area contributed by atoms with E-state index in [4.69, 9.17) is 9.84 Å². The molecule has 0 radical (unpaired) electrons. The molecule has 0 saturated heterocycles. The fraction of sp³-hybridized carbons (Fsp3) is 0.267. The fourth-order valence-corrected chi connectivity index (χ4v) is 4.37. The maximum absolute atomic E-state index is 13.4. The zero-order chi connectivity index (χ0) is 24.8. The average Bonchev–Trinajstić information content (AvgIpc) is 3.22. The maximum atomic E-state index is 13.4. The first-order valence-electron chi connectivity index (χ1n) is 12.1. The Morgan fingerprint density at radius 1 is 0.914 bits per heavy atom. The van der Waals surface area contributed by atoms with Gasteiger partial charge in [-0.3, -0.25) is 14.2 Å². The van der Waals surface area contributed by atoms with Gasteiger partial charge in [0.15, 0.2) is 0 Å². The highest BCUT2D eigenvalue weighted by atomic mass is 16.5. The van der Waals surface area contributed by atoms with Gasteiger partial charge in [0.05, 0.1) is 5.52 Å². The molecule has 4 aromatic rings. The van der Waals surface area contributed by atoms with Crippen molar-refractivity contribution in [3.05, 3.63) is 102 Å². The van der Waals surface area contributed by atoms with E-state index in [1.54, 1.807) is 16.7 Å². The Labute approximate surface area is 206 Å². The zero-order valence-corrected chi connectivity index (χ0v) is 20.2. The van der Waals surface area contributed by atoms with Crippen molar-refractivity contribution < 1.29 is 19.4 Å². The van der Waals surface area contributed by atoms with Gasteiger partial charge in [0.1, 0.15) is 11.9 Å². The first-order chi connectivity index (χ1) is 16.9. The maximum Gasteiger partial charge on any atom is 0.303 e. The van der Waals surface area contributed by atoms with Crippen molar-refractivity contribution in [2.75, 3.05) is 0 Å². The van der Waals surface area contributed by atoms with Crippen molar-refractivity contribution in [1.82, 2.24) is 4.57 Å². The summed E-state index contributed by atoms with van der Waals surface area (Å²) in [5.74, 6) is 0.268. The monoisotopic (exact) mass is 469 g/mol. The van der Waals surface area contributed by atoms with Crippen LogP contribution in [0.25, 0.3) is 10.9 Å². The molecular formula is C30H31NO4. The minimum Gasteiger partial charge on any atom is -0.486 e. The topological polar surface area (TPSA) is 68.5 Å². The molecule has 0 aliphatic heterocycles. The molecule has 4 rings (SSSR count). The standard InChI is InChI=1S/C30H31NO4/c1-21(2)19-28(22-9-4-3-5-10-22)35-25-17-15-23(16-18-25)30(34)31-20-24(11-8-14-29(32)33)26-12-6-7-13-27(26)31/h3-7,9-10,12-13,15-18,20-21,28H,8,11,14,19H2,1-2H3,(H,32,33). The molecule has 3 aromatic carbocycles. The molecule has 1 heterocycles. The van der Waals surface area contributed by atoms with E-state index in [1.165, 1.54) is 0 Å². The number of fused-ring (bicyclic) bond motifs is 1. The lowest BCUT2D eigenvalue weighted by Gasteiger charge is -2.21. The van der Waals surface area contributed by atoms with Crippen molar-refractivity contribution >= 4 is 22.8 Å². The van der Waals surface area contributed by atoms with E-state index in [-0.39, 0.29) is 18.4 Å². The number of ether oxygens (including phenoxy) is 1. The van der Waals surface area contributed by atoms with Crippen molar-refractivity contribution in [2.45, 2.75) is 45.6 Å². The van der Waals surface area contributed by atoms with E-state index in [0.717, 1.165) is 34.2 Å². The lowest BCUT2D eigenvalue weighted by molar-refractivity contribution is -0.137. The molecule has 5 heteroatoms. The summed E-state index contributed by atoms with van der Waals surface area (Å²) < 4.78 is 7.98. The Bertz CT molecular complexity index is 1290. The number of aromatic nitrogens is 1. The smallest absolute Gasteiger partial charge is 0.303 e. The number of para-hydroxylation sites is 1. The summed E-state index contributed by atoms with van der Waals surface area (Å²) in [5.41, 5.74) is 3.50. The summed E-state index contributed by atoms with van der Waals surface area (Å²) in [6.45, 7) is 4.36. The summed E-state index contributed by atoms with van der Waals surface area (Å²) in [6.07, 6.45) is 3.92. The number of hydrogen-bond donors (Lipinski definition) is 1. The van der Waals surface area contributed by atoms with E-state index in [0.29, 0.717) is 24.3 Å². The van der Waals surface area contributed by atoms with Crippen molar-refractivity contribution in [1.29, 1.82) is 0 Å². The van der Waals surface area contributed by atoms with E-state index >= 15 is 0 Å². The Kier molecular flexibility index (Phi) is 7.66. The molecule has 180 valence electrons. The van der Waals surface area contributed by atoms with E-state index in [2.05, 4.69) is 26.0 Å². The van der Waals surface area contributed by atoms with Gasteiger partial charge in [0.2, 0.25) is 0 Å². The Morgan fingerprint density at radius 2 is 1.60 bits per heavy atom. The number of carbonyl (C=O) groups is 2. The first-order valence-corrected chi connectivity index (χ1v) is 12.1. The number of aryl methyl sites for hydroxylation is 1. The number of nitrogens with zero attached hydrogens (tertiary/aromatic N) is 1. The lowest BCUT2D eigenvalue weighted by Crippen LogP contribution is -2.12. The Hall–Kier alpha value is -3.86. The number of carboxylic acids is 1. The van der Waals surface area contributed by atoms with Gasteiger partial charge in [-0.25, -0.2) is 0 Å². The second-order valence-electron chi connectivity index (χ2n) is 9.27. The van der Waals surface area contributed by atoms with Crippen LogP contribution in [0, 0.1) is 5.92 Å².